The number of hydrogen-bond acceptors (Lipinski definition) is 4. The first-order chi connectivity index (χ1) is 11.5. The number of carbonyl (C=O) groups is 3. The predicted molar refractivity (Wildman–Crippen MR) is 88.0 cm³/mol. The second kappa shape index (κ2) is 6.16. The van der Waals surface area contributed by atoms with E-state index < -0.39 is 23.8 Å². The van der Waals surface area contributed by atoms with Crippen molar-refractivity contribution in [3.63, 3.8) is 0 Å². The number of methoxy groups -OCH3 is 1. The summed E-state index contributed by atoms with van der Waals surface area (Å²) in [6.07, 6.45) is 0. The molecule has 0 radical (unpaired) electrons. The SMILES string of the molecule is COc1ccc(NC(=O)[C@H](C)N2C(=O)c3ccccc3C2=O)cc1. The van der Waals surface area contributed by atoms with Crippen LogP contribution in [0.2, 0.25) is 0 Å². The van der Waals surface area contributed by atoms with Gasteiger partial charge in [0.2, 0.25) is 5.91 Å². The van der Waals surface area contributed by atoms with E-state index in [0.717, 1.165) is 4.90 Å². The van der Waals surface area contributed by atoms with E-state index in [1.54, 1.807) is 55.6 Å². The minimum Gasteiger partial charge on any atom is -0.497 e. The number of ether oxygens (including phenoxy) is 1. The van der Waals surface area contributed by atoms with Crippen LogP contribution in [0.4, 0.5) is 5.69 Å². The van der Waals surface area contributed by atoms with Crippen LogP contribution in [0.15, 0.2) is 48.5 Å². The van der Waals surface area contributed by atoms with Crippen molar-refractivity contribution >= 4 is 23.4 Å². The summed E-state index contributed by atoms with van der Waals surface area (Å²) in [5.41, 5.74) is 1.21. The lowest BCUT2D eigenvalue weighted by atomic mass is 10.1. The summed E-state index contributed by atoms with van der Waals surface area (Å²) in [6.45, 7) is 1.53. The van der Waals surface area contributed by atoms with Gasteiger partial charge in [0.05, 0.1) is 18.2 Å². The number of imide groups is 1. The van der Waals surface area contributed by atoms with E-state index in [4.69, 9.17) is 4.74 Å². The number of rotatable bonds is 4. The second-order valence-electron chi connectivity index (χ2n) is 5.42. The Bertz CT molecular complexity index is 779. The van der Waals surface area contributed by atoms with Crippen molar-refractivity contribution in [3.8, 4) is 5.75 Å². The molecule has 0 aliphatic carbocycles. The summed E-state index contributed by atoms with van der Waals surface area (Å²) in [4.78, 5) is 38.2. The quantitative estimate of drug-likeness (QED) is 0.876. The molecule has 1 atom stereocenters. The smallest absolute Gasteiger partial charge is 0.262 e. The van der Waals surface area contributed by atoms with E-state index in [9.17, 15) is 14.4 Å². The summed E-state index contributed by atoms with van der Waals surface area (Å²) in [5, 5.41) is 2.70. The van der Waals surface area contributed by atoms with E-state index in [0.29, 0.717) is 22.6 Å². The van der Waals surface area contributed by atoms with Gasteiger partial charge in [0, 0.05) is 5.69 Å². The molecule has 1 heterocycles. The van der Waals surface area contributed by atoms with Gasteiger partial charge < -0.3 is 10.1 Å². The van der Waals surface area contributed by atoms with Gasteiger partial charge in [-0.2, -0.15) is 0 Å². The van der Waals surface area contributed by atoms with Crippen molar-refractivity contribution in [2.45, 2.75) is 13.0 Å². The maximum Gasteiger partial charge on any atom is 0.262 e. The molecule has 0 aromatic heterocycles. The average Bonchev–Trinajstić information content (AvgIpc) is 2.86. The largest absolute Gasteiger partial charge is 0.497 e. The molecular formula is C18H16N2O4. The zero-order chi connectivity index (χ0) is 17.3. The molecule has 6 heteroatoms. The lowest BCUT2D eigenvalue weighted by Gasteiger charge is -2.21. The lowest BCUT2D eigenvalue weighted by molar-refractivity contribution is -0.119. The lowest BCUT2D eigenvalue weighted by Crippen LogP contribution is -2.45. The fraction of sp³-hybridized carbons (Fsp3) is 0.167. The van der Waals surface area contributed by atoms with Crippen molar-refractivity contribution in [2.24, 2.45) is 0 Å². The highest BCUT2D eigenvalue weighted by Gasteiger charge is 2.40. The Labute approximate surface area is 139 Å². The van der Waals surface area contributed by atoms with Crippen molar-refractivity contribution in [2.75, 3.05) is 12.4 Å². The van der Waals surface area contributed by atoms with Crippen LogP contribution in [0.1, 0.15) is 27.6 Å². The van der Waals surface area contributed by atoms with E-state index in [1.165, 1.54) is 6.92 Å². The molecule has 0 fully saturated rings. The first kappa shape index (κ1) is 15.7. The Hall–Kier alpha value is -3.15. The first-order valence-electron chi connectivity index (χ1n) is 7.44. The van der Waals surface area contributed by atoms with Gasteiger partial charge in [-0.1, -0.05) is 12.1 Å². The van der Waals surface area contributed by atoms with E-state index in [-0.39, 0.29) is 0 Å². The van der Waals surface area contributed by atoms with Crippen LogP contribution in [-0.4, -0.2) is 35.8 Å². The van der Waals surface area contributed by atoms with Crippen LogP contribution in [0.5, 0.6) is 5.75 Å². The summed E-state index contributed by atoms with van der Waals surface area (Å²) in [7, 11) is 1.55. The fourth-order valence-corrected chi connectivity index (χ4v) is 2.60. The second-order valence-corrected chi connectivity index (χ2v) is 5.42. The number of hydrogen-bond donors (Lipinski definition) is 1. The molecule has 122 valence electrons. The number of anilines is 1. The molecule has 24 heavy (non-hydrogen) atoms. The standard InChI is InChI=1S/C18H16N2O4/c1-11(16(21)19-12-7-9-13(24-2)10-8-12)20-17(22)14-5-3-4-6-15(14)18(20)23/h3-11H,1-2H3,(H,19,21)/t11-/m0/s1. The molecule has 0 saturated heterocycles. The molecule has 6 nitrogen and oxygen atoms in total. The molecule has 2 aromatic carbocycles. The van der Waals surface area contributed by atoms with Gasteiger partial charge in [0.15, 0.2) is 0 Å². The Balaban J connectivity index is 1.76. The molecule has 0 spiro atoms. The van der Waals surface area contributed by atoms with Crippen molar-refractivity contribution in [3.05, 3.63) is 59.7 Å². The zero-order valence-electron chi connectivity index (χ0n) is 13.3. The van der Waals surface area contributed by atoms with Crippen molar-refractivity contribution in [1.29, 1.82) is 0 Å². The summed E-state index contributed by atoms with van der Waals surface area (Å²) in [5.74, 6) is -0.669. The highest BCUT2D eigenvalue weighted by Crippen LogP contribution is 2.25. The maximum absolute atomic E-state index is 12.4. The summed E-state index contributed by atoms with van der Waals surface area (Å²) in [6, 6.07) is 12.4. The topological polar surface area (TPSA) is 75.7 Å². The van der Waals surface area contributed by atoms with Gasteiger partial charge in [0.25, 0.3) is 11.8 Å². The van der Waals surface area contributed by atoms with Crippen LogP contribution in [0.3, 0.4) is 0 Å². The van der Waals surface area contributed by atoms with Gasteiger partial charge in [0.1, 0.15) is 11.8 Å². The molecule has 1 N–H and O–H groups in total. The Morgan fingerprint density at radius 1 is 1.00 bits per heavy atom. The highest BCUT2D eigenvalue weighted by atomic mass is 16.5. The van der Waals surface area contributed by atoms with Crippen molar-refractivity contribution in [1.82, 2.24) is 4.90 Å². The molecule has 0 unspecified atom stereocenters. The highest BCUT2D eigenvalue weighted by molar-refractivity contribution is 6.23. The molecule has 3 amide bonds. The number of amides is 3. The minimum absolute atomic E-state index is 0.326. The van der Waals surface area contributed by atoms with Crippen LogP contribution < -0.4 is 10.1 Å². The Morgan fingerprint density at radius 3 is 2.04 bits per heavy atom. The summed E-state index contributed by atoms with van der Waals surface area (Å²) < 4.78 is 5.06. The molecule has 0 saturated carbocycles. The van der Waals surface area contributed by atoms with Crippen LogP contribution in [0, 0.1) is 0 Å². The number of benzene rings is 2. The third-order valence-electron chi connectivity index (χ3n) is 3.95. The molecular weight excluding hydrogens is 308 g/mol. The number of fused-ring (bicyclic) bond motifs is 1. The van der Waals surface area contributed by atoms with Crippen molar-refractivity contribution < 1.29 is 19.1 Å². The maximum atomic E-state index is 12.4. The van der Waals surface area contributed by atoms with Gasteiger partial charge in [-0.15, -0.1) is 0 Å². The third-order valence-corrected chi connectivity index (χ3v) is 3.95. The zero-order valence-corrected chi connectivity index (χ0v) is 13.3. The third kappa shape index (κ3) is 2.62. The molecule has 2 aromatic rings. The van der Waals surface area contributed by atoms with E-state index in [1.807, 2.05) is 0 Å². The Morgan fingerprint density at radius 2 is 1.54 bits per heavy atom. The van der Waals surface area contributed by atoms with Gasteiger partial charge in [-0.3, -0.25) is 19.3 Å². The number of nitrogens with one attached hydrogen (secondary N) is 1. The molecule has 1 aliphatic heterocycles. The van der Waals surface area contributed by atoms with Crippen LogP contribution in [-0.2, 0) is 4.79 Å². The van der Waals surface area contributed by atoms with E-state index in [2.05, 4.69) is 5.32 Å². The fourth-order valence-electron chi connectivity index (χ4n) is 2.60. The first-order valence-corrected chi connectivity index (χ1v) is 7.44. The number of nitrogens with zero attached hydrogens (tertiary/aromatic N) is 1. The van der Waals surface area contributed by atoms with Gasteiger partial charge >= 0.3 is 0 Å². The molecule has 3 rings (SSSR count). The predicted octanol–water partition coefficient (Wildman–Crippen LogP) is 2.32. The minimum atomic E-state index is -0.917. The summed E-state index contributed by atoms with van der Waals surface area (Å²) >= 11 is 0. The van der Waals surface area contributed by atoms with Crippen LogP contribution in [0.25, 0.3) is 0 Å². The number of carbonyl (C=O) groups excluding carboxylic acids is 3. The Kier molecular flexibility index (Phi) is 4.04. The van der Waals surface area contributed by atoms with Crippen LogP contribution >= 0.6 is 0 Å². The van der Waals surface area contributed by atoms with Gasteiger partial charge in [-0.05, 0) is 43.3 Å². The normalized spacial score (nSPS) is 14.3. The monoisotopic (exact) mass is 324 g/mol. The average molecular weight is 324 g/mol. The molecule has 0 bridgehead atoms. The molecule has 1 aliphatic rings. The van der Waals surface area contributed by atoms with E-state index >= 15 is 0 Å². The van der Waals surface area contributed by atoms with Gasteiger partial charge in [-0.25, -0.2) is 0 Å².